The van der Waals surface area contributed by atoms with Gasteiger partial charge in [-0.15, -0.1) is 0 Å². The fraction of sp³-hybridized carbons (Fsp3) is 0.308. The van der Waals surface area contributed by atoms with Crippen LogP contribution in [0.2, 0.25) is 5.02 Å². The number of rotatable bonds is 2. The molecule has 4 heteroatoms. The molecule has 3 nitrogen and oxygen atoms in total. The van der Waals surface area contributed by atoms with Crippen LogP contribution in [-0.2, 0) is 9.53 Å². The molecule has 1 heterocycles. The van der Waals surface area contributed by atoms with Crippen molar-refractivity contribution in [1.29, 1.82) is 0 Å². The molecular weight excluding hydrogens is 238 g/mol. The van der Waals surface area contributed by atoms with Crippen LogP contribution >= 0.6 is 11.6 Å². The summed E-state index contributed by atoms with van der Waals surface area (Å²) in [5, 5.41) is 0.485. The van der Waals surface area contributed by atoms with Gasteiger partial charge in [0.1, 0.15) is 0 Å². The van der Waals surface area contributed by atoms with Crippen LogP contribution in [0.3, 0.4) is 0 Å². The average Bonchev–Trinajstić information content (AvgIpc) is 2.38. The van der Waals surface area contributed by atoms with Gasteiger partial charge in [0.2, 0.25) is 0 Å². The third-order valence-electron chi connectivity index (χ3n) is 2.67. The van der Waals surface area contributed by atoms with Crippen LogP contribution in [-0.4, -0.2) is 37.1 Å². The highest BCUT2D eigenvalue weighted by Crippen LogP contribution is 2.19. The molecule has 0 aromatic heterocycles. The van der Waals surface area contributed by atoms with Crippen molar-refractivity contribution >= 4 is 23.1 Å². The Kier molecular flexibility index (Phi) is 3.82. The summed E-state index contributed by atoms with van der Waals surface area (Å²) in [6, 6.07) is 8.00. The van der Waals surface area contributed by atoms with Crippen LogP contribution in [0, 0.1) is 6.07 Å². The van der Waals surface area contributed by atoms with Crippen molar-refractivity contribution in [3.05, 3.63) is 41.4 Å². The first-order chi connectivity index (χ1) is 8.18. The van der Waals surface area contributed by atoms with E-state index in [-0.39, 0.29) is 5.91 Å². The van der Waals surface area contributed by atoms with Gasteiger partial charge in [0.15, 0.2) is 0 Å². The summed E-state index contributed by atoms with van der Waals surface area (Å²) in [5.41, 5.74) is 1.20. The van der Waals surface area contributed by atoms with Gasteiger partial charge in [-0.25, -0.2) is 0 Å². The van der Waals surface area contributed by atoms with E-state index in [0.29, 0.717) is 36.9 Å². The third-order valence-corrected chi connectivity index (χ3v) is 2.89. The minimum absolute atomic E-state index is 0.0597. The first kappa shape index (κ1) is 12.1. The minimum atomic E-state index is -0.0597. The maximum absolute atomic E-state index is 12.1. The fourth-order valence-corrected chi connectivity index (χ4v) is 1.89. The molecule has 1 amide bonds. The van der Waals surface area contributed by atoms with E-state index >= 15 is 0 Å². The van der Waals surface area contributed by atoms with E-state index in [0.717, 1.165) is 5.56 Å². The molecule has 1 saturated heterocycles. The lowest BCUT2D eigenvalue weighted by Crippen LogP contribution is -2.40. The van der Waals surface area contributed by atoms with Gasteiger partial charge in [-0.3, -0.25) is 4.79 Å². The molecule has 0 aliphatic carbocycles. The van der Waals surface area contributed by atoms with E-state index in [1.807, 2.05) is 0 Å². The largest absolute Gasteiger partial charge is 0.378 e. The molecule has 2 rings (SSSR count). The predicted molar refractivity (Wildman–Crippen MR) is 66.7 cm³/mol. The van der Waals surface area contributed by atoms with Gasteiger partial charge in [0, 0.05) is 29.8 Å². The van der Waals surface area contributed by atoms with Gasteiger partial charge in [0.25, 0.3) is 5.91 Å². The highest BCUT2D eigenvalue weighted by atomic mass is 35.5. The smallest absolute Gasteiger partial charge is 0.254 e. The molecule has 0 N–H and O–H groups in total. The van der Waals surface area contributed by atoms with E-state index in [2.05, 4.69) is 12.6 Å². The van der Waals surface area contributed by atoms with Gasteiger partial charge in [0.05, 0.1) is 13.2 Å². The van der Waals surface area contributed by atoms with Gasteiger partial charge >= 0.3 is 0 Å². The zero-order chi connectivity index (χ0) is 12.3. The molecule has 1 aliphatic heterocycles. The highest BCUT2D eigenvalue weighted by molar-refractivity contribution is 6.31. The van der Waals surface area contributed by atoms with Gasteiger partial charge in [-0.2, -0.15) is 0 Å². The van der Waals surface area contributed by atoms with Crippen molar-refractivity contribution in [3.8, 4) is 0 Å². The van der Waals surface area contributed by atoms with Gasteiger partial charge in [-0.05, 0) is 11.6 Å². The Hall–Kier alpha value is -1.32. The number of morpholine rings is 1. The number of hydrogen-bond acceptors (Lipinski definition) is 2. The van der Waals surface area contributed by atoms with Crippen LogP contribution < -0.4 is 0 Å². The number of ether oxygens (including phenoxy) is 1. The van der Waals surface area contributed by atoms with Crippen LogP contribution in [0.4, 0.5) is 0 Å². The summed E-state index contributed by atoms with van der Waals surface area (Å²) in [5.74, 6) is -0.0597. The number of benzene rings is 1. The molecule has 1 aromatic rings. The van der Waals surface area contributed by atoms with Gasteiger partial charge < -0.3 is 9.64 Å². The molecule has 1 aliphatic rings. The van der Waals surface area contributed by atoms with Crippen LogP contribution in [0.1, 0.15) is 5.56 Å². The summed E-state index contributed by atoms with van der Waals surface area (Å²) >= 11 is 5.84. The molecule has 0 bridgehead atoms. The Balaban J connectivity index is 2.11. The lowest BCUT2D eigenvalue weighted by atomic mass is 10.1. The Bertz CT molecular complexity index is 439. The van der Waals surface area contributed by atoms with Gasteiger partial charge in [-0.1, -0.05) is 30.3 Å². The Morgan fingerprint density at radius 3 is 2.82 bits per heavy atom. The molecule has 17 heavy (non-hydrogen) atoms. The van der Waals surface area contributed by atoms with Crippen molar-refractivity contribution in [2.45, 2.75) is 0 Å². The van der Waals surface area contributed by atoms with Crippen molar-refractivity contribution in [3.63, 3.8) is 0 Å². The predicted octanol–water partition coefficient (Wildman–Crippen LogP) is 2.01. The maximum atomic E-state index is 12.1. The second kappa shape index (κ2) is 5.34. The quantitative estimate of drug-likeness (QED) is 0.752. The van der Waals surface area contributed by atoms with Crippen molar-refractivity contribution < 1.29 is 9.53 Å². The summed E-state index contributed by atoms with van der Waals surface area (Å²) in [6.07, 6.45) is 0. The average molecular weight is 251 g/mol. The number of nitrogens with zero attached hydrogens (tertiary/aromatic N) is 1. The molecule has 0 atom stereocenters. The minimum Gasteiger partial charge on any atom is -0.378 e. The van der Waals surface area contributed by atoms with Crippen LogP contribution in [0.15, 0.2) is 24.8 Å². The molecule has 1 radical (unpaired) electrons. The summed E-state index contributed by atoms with van der Waals surface area (Å²) < 4.78 is 5.20. The summed E-state index contributed by atoms with van der Waals surface area (Å²) in [6.45, 7) is 6.24. The molecule has 0 spiro atoms. The van der Waals surface area contributed by atoms with Crippen LogP contribution in [0.25, 0.3) is 5.57 Å². The molecule has 1 aromatic carbocycles. The maximum Gasteiger partial charge on any atom is 0.254 e. The SMILES string of the molecule is C=C(C(=O)N1CCOCC1)c1cc[c]c(Cl)c1. The Labute approximate surface area is 106 Å². The molecular formula is C13H13ClNO2. The van der Waals surface area contributed by atoms with E-state index in [9.17, 15) is 4.79 Å². The van der Waals surface area contributed by atoms with Crippen molar-refractivity contribution in [2.24, 2.45) is 0 Å². The lowest BCUT2D eigenvalue weighted by molar-refractivity contribution is -0.128. The summed E-state index contributed by atoms with van der Waals surface area (Å²) in [7, 11) is 0. The first-order valence-electron chi connectivity index (χ1n) is 5.42. The number of hydrogen-bond donors (Lipinski definition) is 0. The Morgan fingerprint density at radius 2 is 2.18 bits per heavy atom. The zero-order valence-electron chi connectivity index (χ0n) is 9.41. The van der Waals surface area contributed by atoms with Crippen LogP contribution in [0.5, 0.6) is 0 Å². The molecule has 0 saturated carbocycles. The highest BCUT2D eigenvalue weighted by Gasteiger charge is 2.20. The van der Waals surface area contributed by atoms with Crippen molar-refractivity contribution in [2.75, 3.05) is 26.3 Å². The summed E-state index contributed by atoms with van der Waals surface area (Å²) in [4.78, 5) is 13.9. The standard InChI is InChI=1S/C13H13ClNO2/c1-10(11-3-2-4-12(14)9-11)13(16)15-5-7-17-8-6-15/h2-3,9H,1,5-8H2. The molecule has 1 fully saturated rings. The van der Waals surface area contributed by atoms with E-state index < -0.39 is 0 Å². The number of amides is 1. The second-order valence-electron chi connectivity index (χ2n) is 3.81. The Morgan fingerprint density at radius 1 is 1.47 bits per heavy atom. The first-order valence-corrected chi connectivity index (χ1v) is 5.80. The molecule has 0 unspecified atom stereocenters. The van der Waals surface area contributed by atoms with Crippen molar-refractivity contribution in [1.82, 2.24) is 4.90 Å². The fourth-order valence-electron chi connectivity index (χ4n) is 1.71. The number of carbonyl (C=O) groups excluding carboxylic acids is 1. The van der Waals surface area contributed by atoms with E-state index in [1.54, 1.807) is 23.1 Å². The number of carbonyl (C=O) groups is 1. The zero-order valence-corrected chi connectivity index (χ0v) is 10.2. The third kappa shape index (κ3) is 2.87. The second-order valence-corrected chi connectivity index (χ2v) is 4.22. The monoisotopic (exact) mass is 250 g/mol. The normalized spacial score (nSPS) is 15.7. The lowest BCUT2D eigenvalue weighted by Gasteiger charge is -2.27. The number of halogens is 1. The van der Waals surface area contributed by atoms with E-state index in [1.165, 1.54) is 0 Å². The topological polar surface area (TPSA) is 29.5 Å². The molecule has 89 valence electrons. The van der Waals surface area contributed by atoms with E-state index in [4.69, 9.17) is 16.3 Å².